The second-order valence-corrected chi connectivity index (χ2v) is 12.0. The summed E-state index contributed by atoms with van der Waals surface area (Å²) in [7, 11) is -3.45. The number of aryl methyl sites for hydroxylation is 2. The molecule has 5 nitrogen and oxygen atoms in total. The van der Waals surface area contributed by atoms with Gasteiger partial charge in [-0.1, -0.05) is 66.6 Å². The minimum atomic E-state index is -3.45. The molecule has 1 aliphatic heterocycles. The summed E-state index contributed by atoms with van der Waals surface area (Å²) in [5.74, 6) is 0. The molecular formula is C29H31N3O2S2. The number of aromatic nitrogens is 1. The molecular weight excluding hydrogens is 486 g/mol. The van der Waals surface area contributed by atoms with Gasteiger partial charge >= 0.3 is 0 Å². The van der Waals surface area contributed by atoms with Gasteiger partial charge in [0, 0.05) is 25.0 Å². The van der Waals surface area contributed by atoms with Crippen LogP contribution in [0.5, 0.6) is 0 Å². The van der Waals surface area contributed by atoms with Gasteiger partial charge in [0.05, 0.1) is 16.3 Å². The quantitative estimate of drug-likeness (QED) is 0.294. The molecule has 3 aromatic carbocycles. The predicted molar refractivity (Wildman–Crippen MR) is 147 cm³/mol. The standard InChI is InChI=1S/C29H31N3O2S2/c1-23-10-14-26(15-11-23)30-29-32(21-18-24-8-4-2-5-9-24)28(22-35-29)25-12-16-27(17-13-25)36(33,34)31-19-6-3-7-20-31/h2,4-5,8-17,22H,3,6-7,18-21H2,1H3. The lowest BCUT2D eigenvalue weighted by Crippen LogP contribution is -2.35. The van der Waals surface area contributed by atoms with Gasteiger partial charge < -0.3 is 4.57 Å². The van der Waals surface area contributed by atoms with Crippen molar-refractivity contribution in [3.05, 3.63) is 100 Å². The number of nitrogens with zero attached hydrogens (tertiary/aromatic N) is 3. The highest BCUT2D eigenvalue weighted by Gasteiger charge is 2.25. The van der Waals surface area contributed by atoms with Crippen molar-refractivity contribution in [1.82, 2.24) is 8.87 Å². The lowest BCUT2D eigenvalue weighted by atomic mass is 10.1. The Morgan fingerprint density at radius 2 is 1.56 bits per heavy atom. The van der Waals surface area contributed by atoms with Crippen molar-refractivity contribution in [2.75, 3.05) is 13.1 Å². The summed E-state index contributed by atoms with van der Waals surface area (Å²) >= 11 is 1.61. The minimum Gasteiger partial charge on any atom is -0.316 e. The zero-order valence-electron chi connectivity index (χ0n) is 20.5. The Morgan fingerprint density at radius 3 is 2.25 bits per heavy atom. The van der Waals surface area contributed by atoms with E-state index in [2.05, 4.69) is 53.3 Å². The van der Waals surface area contributed by atoms with Crippen molar-refractivity contribution in [2.24, 2.45) is 4.99 Å². The van der Waals surface area contributed by atoms with Crippen LogP contribution in [-0.4, -0.2) is 30.4 Å². The maximum absolute atomic E-state index is 13.1. The van der Waals surface area contributed by atoms with Crippen LogP contribution in [0.4, 0.5) is 5.69 Å². The molecule has 0 unspecified atom stereocenters. The molecule has 1 saturated heterocycles. The number of hydrogen-bond donors (Lipinski definition) is 0. The third-order valence-corrected chi connectivity index (χ3v) is 9.40. The fourth-order valence-corrected chi connectivity index (χ4v) is 7.01. The highest BCUT2D eigenvalue weighted by Crippen LogP contribution is 2.26. The van der Waals surface area contributed by atoms with E-state index in [1.54, 1.807) is 27.8 Å². The third-order valence-electron chi connectivity index (χ3n) is 6.63. The van der Waals surface area contributed by atoms with Crippen molar-refractivity contribution in [2.45, 2.75) is 44.0 Å². The first-order valence-electron chi connectivity index (χ1n) is 12.4. The summed E-state index contributed by atoms with van der Waals surface area (Å²) in [5, 5.41) is 2.12. The van der Waals surface area contributed by atoms with Crippen molar-refractivity contribution in [3.63, 3.8) is 0 Å². The SMILES string of the molecule is Cc1ccc(N=c2scc(-c3ccc(S(=O)(=O)N4CCCCC4)cc3)n2CCc2ccccc2)cc1. The van der Waals surface area contributed by atoms with Crippen LogP contribution < -0.4 is 4.80 Å². The first-order valence-corrected chi connectivity index (χ1v) is 14.8. The Labute approximate surface area is 217 Å². The van der Waals surface area contributed by atoms with Crippen molar-refractivity contribution < 1.29 is 8.42 Å². The van der Waals surface area contributed by atoms with E-state index in [0.29, 0.717) is 18.0 Å². The van der Waals surface area contributed by atoms with Crippen LogP contribution in [0, 0.1) is 6.92 Å². The predicted octanol–water partition coefficient (Wildman–Crippen LogP) is 6.17. The van der Waals surface area contributed by atoms with E-state index in [0.717, 1.165) is 54.0 Å². The van der Waals surface area contributed by atoms with Crippen LogP contribution in [0.2, 0.25) is 0 Å². The van der Waals surface area contributed by atoms with E-state index in [9.17, 15) is 8.42 Å². The van der Waals surface area contributed by atoms with Gasteiger partial charge in [0.1, 0.15) is 0 Å². The summed E-state index contributed by atoms with van der Waals surface area (Å²) in [6, 6.07) is 26.0. The van der Waals surface area contributed by atoms with Crippen LogP contribution >= 0.6 is 11.3 Å². The average molecular weight is 518 g/mol. The number of hydrogen-bond acceptors (Lipinski definition) is 4. The van der Waals surface area contributed by atoms with Crippen LogP contribution in [0.3, 0.4) is 0 Å². The van der Waals surface area contributed by atoms with E-state index < -0.39 is 10.0 Å². The van der Waals surface area contributed by atoms with Gasteiger partial charge in [-0.2, -0.15) is 4.31 Å². The molecule has 0 bridgehead atoms. The lowest BCUT2D eigenvalue weighted by Gasteiger charge is -2.25. The summed E-state index contributed by atoms with van der Waals surface area (Å²) in [6.07, 6.45) is 3.84. The molecule has 1 aromatic heterocycles. The van der Waals surface area contributed by atoms with E-state index >= 15 is 0 Å². The summed E-state index contributed by atoms with van der Waals surface area (Å²) < 4.78 is 30.1. The topological polar surface area (TPSA) is 54.7 Å². The van der Waals surface area contributed by atoms with E-state index in [-0.39, 0.29) is 0 Å². The van der Waals surface area contributed by atoms with E-state index in [4.69, 9.17) is 4.99 Å². The largest absolute Gasteiger partial charge is 0.316 e. The molecule has 186 valence electrons. The molecule has 5 rings (SSSR count). The van der Waals surface area contributed by atoms with Crippen LogP contribution in [0.1, 0.15) is 30.4 Å². The van der Waals surface area contributed by atoms with Gasteiger partial charge in [-0.15, -0.1) is 11.3 Å². The van der Waals surface area contributed by atoms with Gasteiger partial charge in [-0.25, -0.2) is 13.4 Å². The molecule has 0 atom stereocenters. The van der Waals surface area contributed by atoms with Crippen LogP contribution in [0.25, 0.3) is 11.3 Å². The smallest absolute Gasteiger partial charge is 0.243 e. The molecule has 36 heavy (non-hydrogen) atoms. The minimum absolute atomic E-state index is 0.365. The number of benzene rings is 3. The molecule has 7 heteroatoms. The highest BCUT2D eigenvalue weighted by molar-refractivity contribution is 7.89. The van der Waals surface area contributed by atoms with Gasteiger partial charge in [-0.05, 0) is 61.6 Å². The average Bonchev–Trinajstić information content (AvgIpc) is 3.32. The molecule has 0 amide bonds. The van der Waals surface area contributed by atoms with Crippen molar-refractivity contribution in [3.8, 4) is 11.3 Å². The maximum atomic E-state index is 13.1. The van der Waals surface area contributed by atoms with Crippen LogP contribution in [0.15, 0.2) is 94.1 Å². The van der Waals surface area contributed by atoms with E-state index in [1.165, 1.54) is 11.1 Å². The molecule has 4 aromatic rings. The second kappa shape index (κ2) is 10.9. The molecule has 0 N–H and O–H groups in total. The Balaban J connectivity index is 1.49. The molecule has 2 heterocycles. The Morgan fingerprint density at radius 1 is 0.861 bits per heavy atom. The Kier molecular flexibility index (Phi) is 7.51. The molecule has 1 aliphatic rings. The van der Waals surface area contributed by atoms with Crippen LogP contribution in [-0.2, 0) is 23.0 Å². The summed E-state index contributed by atoms with van der Waals surface area (Å²) in [4.78, 5) is 6.23. The van der Waals surface area contributed by atoms with Gasteiger partial charge in [0.15, 0.2) is 4.80 Å². The summed E-state index contributed by atoms with van der Waals surface area (Å²) in [6.45, 7) is 4.07. The molecule has 1 fully saturated rings. The van der Waals surface area contributed by atoms with Crippen molar-refractivity contribution in [1.29, 1.82) is 0 Å². The second-order valence-electron chi connectivity index (χ2n) is 9.23. The third kappa shape index (κ3) is 5.53. The zero-order chi connectivity index (χ0) is 25.0. The summed E-state index contributed by atoms with van der Waals surface area (Å²) in [5.41, 5.74) is 5.43. The monoisotopic (exact) mass is 517 g/mol. The van der Waals surface area contributed by atoms with Gasteiger partial charge in [0.25, 0.3) is 0 Å². The van der Waals surface area contributed by atoms with E-state index in [1.807, 2.05) is 30.3 Å². The molecule has 0 radical (unpaired) electrons. The molecule has 0 spiro atoms. The first kappa shape index (κ1) is 24.7. The number of thiazole rings is 1. The Hall–Kier alpha value is -3.00. The first-order chi connectivity index (χ1) is 17.5. The number of piperidine rings is 1. The van der Waals surface area contributed by atoms with Gasteiger partial charge in [0.2, 0.25) is 10.0 Å². The van der Waals surface area contributed by atoms with Gasteiger partial charge in [-0.3, -0.25) is 0 Å². The fourth-order valence-electron chi connectivity index (χ4n) is 4.53. The normalized spacial score (nSPS) is 15.3. The lowest BCUT2D eigenvalue weighted by molar-refractivity contribution is 0.346. The molecule has 0 saturated carbocycles. The fraction of sp³-hybridized carbons (Fsp3) is 0.276. The highest BCUT2D eigenvalue weighted by atomic mass is 32.2. The van der Waals surface area contributed by atoms with Crippen molar-refractivity contribution >= 4 is 27.0 Å². The Bertz CT molecular complexity index is 1460. The molecule has 0 aliphatic carbocycles. The number of rotatable bonds is 7. The number of sulfonamides is 1. The zero-order valence-corrected chi connectivity index (χ0v) is 22.1. The maximum Gasteiger partial charge on any atom is 0.243 e.